The van der Waals surface area contributed by atoms with Crippen LogP contribution in [0.2, 0.25) is 0 Å². The van der Waals surface area contributed by atoms with E-state index in [1.54, 1.807) is 11.9 Å². The minimum atomic E-state index is -0.636. The lowest BCUT2D eigenvalue weighted by atomic mass is 9.85. The molecule has 18 heavy (non-hydrogen) atoms. The van der Waals surface area contributed by atoms with Crippen LogP contribution in [0.3, 0.4) is 0 Å². The molecule has 0 radical (unpaired) electrons. The number of carbonyl (C=O) groups excluding carboxylic acids is 2. The van der Waals surface area contributed by atoms with E-state index in [2.05, 4.69) is 24.5 Å². The van der Waals surface area contributed by atoms with Gasteiger partial charge in [0.15, 0.2) is 0 Å². The number of nitrogens with zero attached hydrogens (tertiary/aromatic N) is 1. The number of rotatable bonds is 3. The molecule has 0 aromatic rings. The average Bonchev–Trinajstić information content (AvgIpc) is 2.34. The first-order valence-electron chi connectivity index (χ1n) is 6.26. The number of hydrogen-bond acceptors (Lipinski definition) is 3. The molecule has 0 aromatic carbocycles. The second-order valence-corrected chi connectivity index (χ2v) is 5.42. The first-order chi connectivity index (χ1) is 8.43. The van der Waals surface area contributed by atoms with Crippen LogP contribution in [0.15, 0.2) is 0 Å². The highest BCUT2D eigenvalue weighted by molar-refractivity contribution is 7.80. The number of amides is 2. The maximum absolute atomic E-state index is 11.9. The zero-order chi connectivity index (χ0) is 13.7. The monoisotopic (exact) mass is 271 g/mol. The molecule has 1 aliphatic carbocycles. The molecule has 0 saturated heterocycles. The van der Waals surface area contributed by atoms with Crippen LogP contribution in [0, 0.1) is 5.92 Å². The number of carbonyl (C=O) groups is 2. The molecule has 0 heterocycles. The van der Waals surface area contributed by atoms with Gasteiger partial charge in [0, 0.05) is 13.1 Å². The van der Waals surface area contributed by atoms with Crippen LogP contribution in [0.4, 0.5) is 0 Å². The Morgan fingerprint density at radius 3 is 2.56 bits per heavy atom. The summed E-state index contributed by atoms with van der Waals surface area (Å²) in [6.45, 7) is 2.19. The van der Waals surface area contributed by atoms with Crippen LogP contribution in [0.5, 0.6) is 0 Å². The van der Waals surface area contributed by atoms with E-state index < -0.39 is 11.8 Å². The summed E-state index contributed by atoms with van der Waals surface area (Å²) in [4.78, 5) is 25.3. The minimum Gasteiger partial charge on any atom is -0.392 e. The summed E-state index contributed by atoms with van der Waals surface area (Å²) < 4.78 is 0. The number of hydrogen-bond donors (Lipinski definition) is 2. The van der Waals surface area contributed by atoms with Crippen molar-refractivity contribution >= 4 is 29.0 Å². The molecule has 3 N–H and O–H groups in total. The molecular formula is C12H21N3O2S. The third kappa shape index (κ3) is 3.94. The second-order valence-electron chi connectivity index (χ2n) is 4.89. The minimum absolute atomic E-state index is 0.0635. The molecule has 2 amide bonds. The third-order valence-electron chi connectivity index (χ3n) is 3.50. The van der Waals surface area contributed by atoms with Gasteiger partial charge in [-0.1, -0.05) is 32.0 Å². The standard InChI is InChI=1S/C12H21N3O2S/c1-8-5-3-4-6-9(8)15(2)12(17)11(16)14-7-10(13)18/h8-9H,3-7H2,1-2H3,(H2,13,18)(H,14,16). The van der Waals surface area contributed by atoms with Crippen LogP contribution >= 0.6 is 12.2 Å². The lowest BCUT2D eigenvalue weighted by molar-refractivity contribution is -0.147. The maximum atomic E-state index is 11.9. The molecule has 0 aromatic heterocycles. The van der Waals surface area contributed by atoms with Gasteiger partial charge in [-0.25, -0.2) is 0 Å². The highest BCUT2D eigenvalue weighted by Crippen LogP contribution is 2.27. The fraction of sp³-hybridized carbons (Fsp3) is 0.750. The van der Waals surface area contributed by atoms with E-state index in [4.69, 9.17) is 5.73 Å². The van der Waals surface area contributed by atoms with E-state index in [1.165, 1.54) is 6.42 Å². The van der Waals surface area contributed by atoms with E-state index in [0.29, 0.717) is 5.92 Å². The van der Waals surface area contributed by atoms with Crippen LogP contribution in [0.25, 0.3) is 0 Å². The van der Waals surface area contributed by atoms with Gasteiger partial charge < -0.3 is 16.0 Å². The Kier molecular flexibility index (Phi) is 5.53. The van der Waals surface area contributed by atoms with Crippen LogP contribution < -0.4 is 11.1 Å². The predicted octanol–water partition coefficient (Wildman–Crippen LogP) is 0.426. The van der Waals surface area contributed by atoms with E-state index in [9.17, 15) is 9.59 Å². The average molecular weight is 271 g/mol. The second kappa shape index (κ2) is 6.68. The van der Waals surface area contributed by atoms with Gasteiger partial charge in [-0.05, 0) is 18.8 Å². The Hall–Kier alpha value is -1.17. The highest BCUT2D eigenvalue weighted by atomic mass is 32.1. The Balaban J connectivity index is 2.54. The van der Waals surface area contributed by atoms with Gasteiger partial charge in [-0.3, -0.25) is 9.59 Å². The molecule has 2 atom stereocenters. The van der Waals surface area contributed by atoms with Gasteiger partial charge >= 0.3 is 11.8 Å². The van der Waals surface area contributed by atoms with E-state index in [-0.39, 0.29) is 17.6 Å². The largest absolute Gasteiger partial charge is 0.392 e. The Morgan fingerprint density at radius 1 is 1.39 bits per heavy atom. The van der Waals surface area contributed by atoms with Gasteiger partial charge in [0.25, 0.3) is 0 Å². The molecule has 6 heteroatoms. The number of likely N-dealkylation sites (N-methyl/N-ethyl adjacent to an activating group) is 1. The van der Waals surface area contributed by atoms with Crippen molar-refractivity contribution in [1.29, 1.82) is 0 Å². The molecule has 1 saturated carbocycles. The van der Waals surface area contributed by atoms with Gasteiger partial charge in [-0.2, -0.15) is 0 Å². The molecular weight excluding hydrogens is 250 g/mol. The predicted molar refractivity (Wildman–Crippen MR) is 74.0 cm³/mol. The molecule has 1 fully saturated rings. The summed E-state index contributed by atoms with van der Waals surface area (Å²) in [5, 5.41) is 2.42. The summed E-state index contributed by atoms with van der Waals surface area (Å²) in [5.74, 6) is -0.704. The van der Waals surface area contributed by atoms with Crippen molar-refractivity contribution in [3.8, 4) is 0 Å². The van der Waals surface area contributed by atoms with Crippen molar-refractivity contribution in [1.82, 2.24) is 10.2 Å². The van der Waals surface area contributed by atoms with Gasteiger partial charge in [0.2, 0.25) is 0 Å². The highest BCUT2D eigenvalue weighted by Gasteiger charge is 2.30. The lowest BCUT2D eigenvalue weighted by Gasteiger charge is -2.35. The van der Waals surface area contributed by atoms with E-state index in [1.807, 2.05) is 0 Å². The quantitative estimate of drug-likeness (QED) is 0.576. The number of thiocarbonyl (C=S) groups is 1. The Labute approximate surface area is 113 Å². The van der Waals surface area contributed by atoms with Crippen molar-refractivity contribution in [2.75, 3.05) is 13.6 Å². The fourth-order valence-corrected chi connectivity index (χ4v) is 2.50. The number of nitrogens with two attached hydrogens (primary N) is 1. The van der Waals surface area contributed by atoms with Gasteiger partial charge in [0.05, 0.1) is 11.5 Å². The summed E-state index contributed by atoms with van der Waals surface area (Å²) in [7, 11) is 1.69. The van der Waals surface area contributed by atoms with Crippen molar-refractivity contribution in [3.63, 3.8) is 0 Å². The molecule has 0 spiro atoms. The molecule has 5 nitrogen and oxygen atoms in total. The summed E-state index contributed by atoms with van der Waals surface area (Å²) in [6, 6.07) is 0.154. The molecule has 0 aliphatic heterocycles. The molecule has 1 rings (SSSR count). The number of nitrogens with one attached hydrogen (secondary N) is 1. The SMILES string of the molecule is CC1CCCCC1N(C)C(=O)C(=O)NCC(N)=S. The topological polar surface area (TPSA) is 75.4 Å². The summed E-state index contributed by atoms with van der Waals surface area (Å²) in [5.41, 5.74) is 5.27. The maximum Gasteiger partial charge on any atom is 0.311 e. The van der Waals surface area contributed by atoms with Crippen molar-refractivity contribution < 1.29 is 9.59 Å². The lowest BCUT2D eigenvalue weighted by Crippen LogP contribution is -2.49. The van der Waals surface area contributed by atoms with Crippen LogP contribution in [0.1, 0.15) is 32.6 Å². The first kappa shape index (κ1) is 14.9. The molecule has 0 bridgehead atoms. The molecule has 102 valence electrons. The zero-order valence-electron chi connectivity index (χ0n) is 10.9. The van der Waals surface area contributed by atoms with E-state index >= 15 is 0 Å². The van der Waals surface area contributed by atoms with Crippen molar-refractivity contribution in [3.05, 3.63) is 0 Å². The normalized spacial score (nSPS) is 23.2. The summed E-state index contributed by atoms with van der Waals surface area (Å²) in [6.07, 6.45) is 4.39. The fourth-order valence-electron chi connectivity index (χ4n) is 2.43. The van der Waals surface area contributed by atoms with Crippen LogP contribution in [-0.2, 0) is 9.59 Å². The van der Waals surface area contributed by atoms with Gasteiger partial charge in [0.1, 0.15) is 0 Å². The Morgan fingerprint density at radius 2 is 2.00 bits per heavy atom. The zero-order valence-corrected chi connectivity index (χ0v) is 11.8. The first-order valence-corrected chi connectivity index (χ1v) is 6.67. The summed E-state index contributed by atoms with van der Waals surface area (Å²) >= 11 is 4.65. The van der Waals surface area contributed by atoms with E-state index in [0.717, 1.165) is 19.3 Å². The molecule has 2 unspecified atom stereocenters. The van der Waals surface area contributed by atoms with Gasteiger partial charge in [-0.15, -0.1) is 0 Å². The van der Waals surface area contributed by atoms with Crippen molar-refractivity contribution in [2.24, 2.45) is 11.7 Å². The van der Waals surface area contributed by atoms with Crippen LogP contribution in [-0.4, -0.2) is 41.3 Å². The third-order valence-corrected chi connectivity index (χ3v) is 3.65. The van der Waals surface area contributed by atoms with Crippen molar-refractivity contribution in [2.45, 2.75) is 38.6 Å². The molecule has 1 aliphatic rings. The smallest absolute Gasteiger partial charge is 0.311 e. The Bertz CT molecular complexity index is 346.